The van der Waals surface area contributed by atoms with Gasteiger partial charge in [0.1, 0.15) is 4.83 Å². The molecular weight excluding hydrogens is 424 g/mol. The number of allylic oxidation sites excluding steroid dienone is 1. The number of hydrogen-bond acceptors (Lipinski definition) is 7. The van der Waals surface area contributed by atoms with Crippen molar-refractivity contribution < 1.29 is 9.72 Å². The molecule has 10 heteroatoms. The van der Waals surface area contributed by atoms with E-state index in [1.165, 1.54) is 23.1 Å². The number of thiophene rings is 1. The number of nitro benzene ring substituents is 1. The van der Waals surface area contributed by atoms with Crippen LogP contribution in [0.25, 0.3) is 10.2 Å². The molecule has 0 unspecified atom stereocenters. The molecule has 2 aromatic heterocycles. The van der Waals surface area contributed by atoms with Crippen molar-refractivity contribution in [3.05, 3.63) is 67.8 Å². The molecule has 1 aliphatic carbocycles. The van der Waals surface area contributed by atoms with Crippen LogP contribution in [-0.2, 0) is 24.2 Å². The third kappa shape index (κ3) is 3.88. The van der Waals surface area contributed by atoms with Crippen LogP contribution < -0.4 is 10.9 Å². The third-order valence-corrected chi connectivity index (χ3v) is 6.94. The molecule has 3 aromatic rings. The average molecular weight is 443 g/mol. The molecule has 0 atom stereocenters. The lowest BCUT2D eigenvalue weighted by atomic mass is 10.2. The highest BCUT2D eigenvalue weighted by molar-refractivity contribution is 7.99. The molecule has 0 bridgehead atoms. The van der Waals surface area contributed by atoms with E-state index in [2.05, 4.69) is 16.9 Å². The van der Waals surface area contributed by atoms with Crippen LogP contribution in [0.2, 0.25) is 0 Å². The van der Waals surface area contributed by atoms with Gasteiger partial charge < -0.3 is 5.32 Å². The first-order valence-corrected chi connectivity index (χ1v) is 11.1. The number of nitrogens with zero attached hydrogens (tertiary/aromatic N) is 3. The molecule has 0 spiro atoms. The van der Waals surface area contributed by atoms with Crippen LogP contribution in [0.1, 0.15) is 16.9 Å². The van der Waals surface area contributed by atoms with Crippen LogP contribution >= 0.6 is 23.1 Å². The molecule has 30 heavy (non-hydrogen) atoms. The zero-order valence-corrected chi connectivity index (χ0v) is 17.6. The Hall–Kier alpha value is -2.98. The zero-order valence-electron chi connectivity index (χ0n) is 15.9. The van der Waals surface area contributed by atoms with E-state index in [9.17, 15) is 19.7 Å². The standard InChI is InChI=1S/C20H18N4O4S2/c1-2-9-23-19(26)17-14-7-4-8-15(14)30-18(17)22-20(23)29-11-16(25)21-12-5-3-6-13(10-12)24(27)28/h2-3,5-6,10H,1,4,7-9,11H2,(H,21,25). The van der Waals surface area contributed by atoms with Gasteiger partial charge in [-0.25, -0.2) is 4.98 Å². The van der Waals surface area contributed by atoms with Crippen molar-refractivity contribution in [3.8, 4) is 0 Å². The van der Waals surface area contributed by atoms with Crippen molar-refractivity contribution in [1.82, 2.24) is 9.55 Å². The summed E-state index contributed by atoms with van der Waals surface area (Å²) in [6.07, 6.45) is 4.57. The van der Waals surface area contributed by atoms with Crippen molar-refractivity contribution in [2.45, 2.75) is 31.0 Å². The van der Waals surface area contributed by atoms with E-state index < -0.39 is 4.92 Å². The topological polar surface area (TPSA) is 107 Å². The molecule has 0 fully saturated rings. The zero-order chi connectivity index (χ0) is 21.3. The fraction of sp³-hybridized carbons (Fsp3) is 0.250. The summed E-state index contributed by atoms with van der Waals surface area (Å²) in [7, 11) is 0. The molecule has 1 aromatic carbocycles. The van der Waals surface area contributed by atoms with Crippen LogP contribution in [0.4, 0.5) is 11.4 Å². The van der Waals surface area contributed by atoms with Gasteiger partial charge >= 0.3 is 0 Å². The molecule has 4 rings (SSSR count). The first-order chi connectivity index (χ1) is 14.5. The normalized spacial score (nSPS) is 12.7. The molecule has 2 heterocycles. The Labute approximate surface area is 179 Å². The molecule has 0 aliphatic heterocycles. The summed E-state index contributed by atoms with van der Waals surface area (Å²) >= 11 is 2.71. The minimum Gasteiger partial charge on any atom is -0.325 e. The van der Waals surface area contributed by atoms with E-state index in [0.717, 1.165) is 36.6 Å². The first kappa shape index (κ1) is 20.3. The van der Waals surface area contributed by atoms with Gasteiger partial charge in [-0.3, -0.25) is 24.3 Å². The maximum atomic E-state index is 13.1. The number of carbonyl (C=O) groups is 1. The Balaban J connectivity index is 1.56. The number of thioether (sulfide) groups is 1. The number of non-ortho nitro benzene ring substituents is 1. The number of carbonyl (C=O) groups excluding carboxylic acids is 1. The second kappa shape index (κ2) is 8.41. The number of nitrogens with one attached hydrogen (secondary N) is 1. The van der Waals surface area contributed by atoms with Crippen LogP contribution in [-0.4, -0.2) is 26.1 Å². The lowest BCUT2D eigenvalue weighted by Gasteiger charge is -2.10. The fourth-order valence-electron chi connectivity index (χ4n) is 3.48. The number of amides is 1. The van der Waals surface area contributed by atoms with Gasteiger partial charge in [-0.05, 0) is 30.9 Å². The summed E-state index contributed by atoms with van der Waals surface area (Å²) in [6, 6.07) is 5.75. The molecule has 1 amide bonds. The van der Waals surface area contributed by atoms with Gasteiger partial charge in [0.15, 0.2) is 5.16 Å². The molecule has 0 saturated carbocycles. The van der Waals surface area contributed by atoms with Crippen LogP contribution in [0, 0.1) is 10.1 Å². The van der Waals surface area contributed by atoms with Gasteiger partial charge in [0, 0.05) is 29.2 Å². The molecule has 0 saturated heterocycles. The van der Waals surface area contributed by atoms with Crippen molar-refractivity contribution in [1.29, 1.82) is 0 Å². The predicted octanol–water partition coefficient (Wildman–Crippen LogP) is 3.77. The number of rotatable bonds is 7. The Bertz CT molecular complexity index is 1230. The smallest absolute Gasteiger partial charge is 0.271 e. The van der Waals surface area contributed by atoms with Gasteiger partial charge in [-0.2, -0.15) is 0 Å². The highest BCUT2D eigenvalue weighted by Gasteiger charge is 2.23. The summed E-state index contributed by atoms with van der Waals surface area (Å²) in [5, 5.41) is 14.7. The maximum Gasteiger partial charge on any atom is 0.271 e. The van der Waals surface area contributed by atoms with Crippen LogP contribution in [0.15, 0.2) is 46.9 Å². The van der Waals surface area contributed by atoms with Crippen LogP contribution in [0.5, 0.6) is 0 Å². The highest BCUT2D eigenvalue weighted by Crippen LogP contribution is 2.35. The highest BCUT2D eigenvalue weighted by atomic mass is 32.2. The van der Waals surface area contributed by atoms with Gasteiger partial charge in [0.25, 0.3) is 11.2 Å². The van der Waals surface area contributed by atoms with E-state index in [-0.39, 0.29) is 22.9 Å². The average Bonchev–Trinajstić information content (AvgIpc) is 3.30. The van der Waals surface area contributed by atoms with Crippen molar-refractivity contribution in [2.75, 3.05) is 11.1 Å². The number of hydrogen-bond donors (Lipinski definition) is 1. The summed E-state index contributed by atoms with van der Waals surface area (Å²) < 4.78 is 1.55. The van der Waals surface area contributed by atoms with Crippen molar-refractivity contribution in [3.63, 3.8) is 0 Å². The Morgan fingerprint density at radius 2 is 2.27 bits per heavy atom. The second-order valence-electron chi connectivity index (χ2n) is 6.78. The number of aryl methyl sites for hydroxylation is 2. The Morgan fingerprint density at radius 1 is 1.43 bits per heavy atom. The maximum absolute atomic E-state index is 13.1. The first-order valence-electron chi connectivity index (χ1n) is 9.31. The number of aromatic nitrogens is 2. The van der Waals surface area contributed by atoms with E-state index in [1.54, 1.807) is 28.0 Å². The summed E-state index contributed by atoms with van der Waals surface area (Å²) in [4.78, 5) is 42.4. The minimum absolute atomic E-state index is 0.0167. The largest absolute Gasteiger partial charge is 0.325 e. The van der Waals surface area contributed by atoms with Crippen molar-refractivity contribution in [2.24, 2.45) is 0 Å². The third-order valence-electron chi connectivity index (χ3n) is 4.77. The number of benzene rings is 1. The number of nitro groups is 1. The molecule has 154 valence electrons. The van der Waals surface area contributed by atoms with Gasteiger partial charge in [0.05, 0.1) is 16.1 Å². The molecule has 8 nitrogen and oxygen atoms in total. The minimum atomic E-state index is -0.518. The number of fused-ring (bicyclic) bond motifs is 3. The summed E-state index contributed by atoms with van der Waals surface area (Å²) in [5.41, 5.74) is 1.26. The number of anilines is 1. The van der Waals surface area contributed by atoms with Crippen molar-refractivity contribution >= 4 is 50.6 Å². The van der Waals surface area contributed by atoms with E-state index in [0.29, 0.717) is 27.6 Å². The fourth-order valence-corrected chi connectivity index (χ4v) is 5.59. The van der Waals surface area contributed by atoms with E-state index in [4.69, 9.17) is 0 Å². The van der Waals surface area contributed by atoms with E-state index in [1.807, 2.05) is 0 Å². The van der Waals surface area contributed by atoms with E-state index >= 15 is 0 Å². The Kier molecular flexibility index (Phi) is 5.69. The second-order valence-corrected chi connectivity index (χ2v) is 8.81. The monoisotopic (exact) mass is 442 g/mol. The quantitative estimate of drug-likeness (QED) is 0.196. The molecule has 0 radical (unpaired) electrons. The molecular formula is C20H18N4O4S2. The molecule has 1 aliphatic rings. The van der Waals surface area contributed by atoms with Gasteiger partial charge in [0.2, 0.25) is 5.91 Å². The van der Waals surface area contributed by atoms with Gasteiger partial charge in [-0.15, -0.1) is 17.9 Å². The van der Waals surface area contributed by atoms with Gasteiger partial charge in [-0.1, -0.05) is 23.9 Å². The summed E-state index contributed by atoms with van der Waals surface area (Å²) in [5.74, 6) is -0.322. The lowest BCUT2D eigenvalue weighted by molar-refractivity contribution is -0.384. The molecule has 1 N–H and O–H groups in total. The van der Waals surface area contributed by atoms with Crippen LogP contribution in [0.3, 0.4) is 0 Å². The summed E-state index contributed by atoms with van der Waals surface area (Å²) in [6.45, 7) is 4.03. The predicted molar refractivity (Wildman–Crippen MR) is 119 cm³/mol. The SMILES string of the molecule is C=CCn1c(SCC(=O)Nc2cccc([N+](=O)[O-])c2)nc2sc3c(c2c1=O)CCC3. The lowest BCUT2D eigenvalue weighted by Crippen LogP contribution is -2.24. The Morgan fingerprint density at radius 3 is 3.03 bits per heavy atom.